The monoisotopic (exact) mass is 226 g/mol. The lowest BCUT2D eigenvalue weighted by Gasteiger charge is -2.43. The average Bonchev–Trinajstić information content (AvgIpc) is 2.31. The van der Waals surface area contributed by atoms with E-state index in [1.165, 1.54) is 69.1 Å². The molecule has 1 aliphatic heterocycles. The molecule has 2 aliphatic rings. The van der Waals surface area contributed by atoms with Crippen molar-refractivity contribution in [3.8, 4) is 0 Å². The first-order valence-electron chi connectivity index (χ1n) is 7.16. The summed E-state index contributed by atoms with van der Waals surface area (Å²) < 4.78 is 1.28. The summed E-state index contributed by atoms with van der Waals surface area (Å²) in [6, 6.07) is 0. The van der Waals surface area contributed by atoms with Gasteiger partial charge in [0, 0.05) is 25.4 Å². The second-order valence-corrected chi connectivity index (χ2v) is 6.38. The number of piperidine rings is 1. The number of hydrogen-bond donors (Lipinski definition) is 1. The van der Waals surface area contributed by atoms with Crippen molar-refractivity contribution < 1.29 is 9.59 Å². The molecule has 0 spiro atoms. The zero-order valence-corrected chi connectivity index (χ0v) is 10.8. The fraction of sp³-hybridized carbons (Fsp3) is 1.00. The topological polar surface area (TPSA) is 20.2 Å². The predicted octanol–water partition coefficient (Wildman–Crippen LogP) is 2.42. The van der Waals surface area contributed by atoms with E-state index in [-0.39, 0.29) is 0 Å². The van der Waals surface area contributed by atoms with Gasteiger partial charge in [-0.2, -0.15) is 0 Å². The molecular formula is C14H28NO+. The quantitative estimate of drug-likeness (QED) is 0.733. The van der Waals surface area contributed by atoms with Gasteiger partial charge in [-0.15, -0.1) is 0 Å². The maximum Gasteiger partial charge on any atom is 0.0813 e. The minimum Gasteiger partial charge on any atom is -0.396 e. The summed E-state index contributed by atoms with van der Waals surface area (Å²) >= 11 is 0. The summed E-state index contributed by atoms with van der Waals surface area (Å²) in [4.78, 5) is 0. The summed E-state index contributed by atoms with van der Waals surface area (Å²) in [6.07, 6.45) is 9.80. The molecule has 94 valence electrons. The Morgan fingerprint density at radius 2 is 1.56 bits per heavy atom. The van der Waals surface area contributed by atoms with Crippen LogP contribution in [0.25, 0.3) is 0 Å². The van der Waals surface area contributed by atoms with Gasteiger partial charge in [0.05, 0.1) is 26.7 Å². The molecule has 0 aromatic heterocycles. The number of hydrogen-bond acceptors (Lipinski definition) is 1. The Morgan fingerprint density at radius 3 is 2.12 bits per heavy atom. The molecule has 0 radical (unpaired) electrons. The van der Waals surface area contributed by atoms with Crippen molar-refractivity contribution in [2.45, 2.75) is 44.9 Å². The van der Waals surface area contributed by atoms with Gasteiger partial charge in [-0.1, -0.05) is 19.3 Å². The van der Waals surface area contributed by atoms with E-state index < -0.39 is 0 Å². The van der Waals surface area contributed by atoms with Crippen LogP contribution < -0.4 is 0 Å². The molecular weight excluding hydrogens is 198 g/mol. The number of aliphatic hydroxyl groups is 1. The lowest BCUT2D eigenvalue weighted by atomic mass is 9.87. The predicted molar refractivity (Wildman–Crippen MR) is 67.2 cm³/mol. The Hall–Kier alpha value is -0.0800. The van der Waals surface area contributed by atoms with Crippen LogP contribution in [-0.2, 0) is 0 Å². The van der Waals surface area contributed by atoms with Crippen molar-refractivity contribution in [1.82, 2.24) is 0 Å². The van der Waals surface area contributed by atoms with Gasteiger partial charge in [-0.05, 0) is 18.8 Å². The molecule has 1 heterocycles. The van der Waals surface area contributed by atoms with Gasteiger partial charge >= 0.3 is 0 Å². The summed E-state index contributed by atoms with van der Waals surface area (Å²) in [5, 5.41) is 9.18. The number of rotatable bonds is 3. The molecule has 2 fully saturated rings. The van der Waals surface area contributed by atoms with Gasteiger partial charge in [-0.3, -0.25) is 0 Å². The maximum atomic E-state index is 9.18. The van der Waals surface area contributed by atoms with Gasteiger partial charge in [0.15, 0.2) is 0 Å². The van der Waals surface area contributed by atoms with Crippen LogP contribution in [0.3, 0.4) is 0 Å². The molecule has 0 atom stereocenters. The lowest BCUT2D eigenvalue weighted by molar-refractivity contribution is -0.918. The lowest BCUT2D eigenvalue weighted by Crippen LogP contribution is -2.52. The van der Waals surface area contributed by atoms with Crippen LogP contribution in [0.1, 0.15) is 44.9 Å². The van der Waals surface area contributed by atoms with Crippen molar-refractivity contribution >= 4 is 0 Å². The van der Waals surface area contributed by atoms with E-state index in [1.807, 2.05) is 0 Å². The first-order chi connectivity index (χ1) is 7.72. The zero-order valence-electron chi connectivity index (χ0n) is 10.8. The Kier molecular flexibility index (Phi) is 4.26. The van der Waals surface area contributed by atoms with Gasteiger partial charge in [-0.25, -0.2) is 0 Å². The summed E-state index contributed by atoms with van der Waals surface area (Å²) in [5.74, 6) is 1.59. The van der Waals surface area contributed by atoms with Gasteiger partial charge < -0.3 is 9.59 Å². The van der Waals surface area contributed by atoms with Gasteiger partial charge in [0.1, 0.15) is 0 Å². The molecule has 0 aromatic rings. The Balaban J connectivity index is 1.79. The fourth-order valence-corrected chi connectivity index (χ4v) is 3.60. The molecule has 0 aromatic carbocycles. The van der Waals surface area contributed by atoms with Gasteiger partial charge in [0.25, 0.3) is 0 Å². The van der Waals surface area contributed by atoms with E-state index >= 15 is 0 Å². The molecule has 1 N–H and O–H groups in total. The molecule has 2 rings (SSSR count). The first-order valence-corrected chi connectivity index (χ1v) is 7.16. The zero-order chi connectivity index (χ0) is 11.4. The summed E-state index contributed by atoms with van der Waals surface area (Å²) in [6.45, 7) is 4.39. The third-order valence-electron chi connectivity index (χ3n) is 4.84. The van der Waals surface area contributed by atoms with Crippen LogP contribution in [0.2, 0.25) is 0 Å². The third-order valence-corrected chi connectivity index (χ3v) is 4.84. The molecule has 16 heavy (non-hydrogen) atoms. The molecule has 1 saturated carbocycles. The van der Waals surface area contributed by atoms with Crippen molar-refractivity contribution in [3.63, 3.8) is 0 Å². The van der Waals surface area contributed by atoms with Crippen molar-refractivity contribution in [2.75, 3.05) is 33.3 Å². The number of quaternary nitrogens is 1. The SMILES string of the molecule is C[N+]1(CC2CCCCC2)CCC(CO)CC1. The molecule has 0 unspecified atom stereocenters. The highest BCUT2D eigenvalue weighted by atomic mass is 16.3. The van der Waals surface area contributed by atoms with Crippen molar-refractivity contribution in [2.24, 2.45) is 11.8 Å². The van der Waals surface area contributed by atoms with Crippen LogP contribution in [0.15, 0.2) is 0 Å². The average molecular weight is 226 g/mol. The molecule has 2 heteroatoms. The minimum absolute atomic E-state index is 0.406. The van der Waals surface area contributed by atoms with E-state index in [0.29, 0.717) is 12.5 Å². The van der Waals surface area contributed by atoms with E-state index in [2.05, 4.69) is 7.05 Å². The van der Waals surface area contributed by atoms with E-state index in [1.54, 1.807) is 0 Å². The van der Waals surface area contributed by atoms with Crippen molar-refractivity contribution in [3.05, 3.63) is 0 Å². The van der Waals surface area contributed by atoms with Gasteiger partial charge in [0.2, 0.25) is 0 Å². The highest BCUT2D eigenvalue weighted by molar-refractivity contribution is 4.68. The largest absolute Gasteiger partial charge is 0.396 e. The second kappa shape index (κ2) is 5.50. The van der Waals surface area contributed by atoms with E-state index in [9.17, 15) is 5.11 Å². The summed E-state index contributed by atoms with van der Waals surface area (Å²) in [5.41, 5.74) is 0. The fourth-order valence-electron chi connectivity index (χ4n) is 3.60. The minimum atomic E-state index is 0.406. The normalized spacial score (nSPS) is 37.5. The standard InChI is InChI=1S/C14H28NO/c1-15(9-7-14(12-16)8-10-15)11-13-5-3-2-4-6-13/h13-14,16H,2-12H2,1H3/q+1. The maximum absolute atomic E-state index is 9.18. The van der Waals surface area contributed by atoms with Crippen LogP contribution in [-0.4, -0.2) is 42.9 Å². The van der Waals surface area contributed by atoms with Crippen LogP contribution in [0.4, 0.5) is 0 Å². The van der Waals surface area contributed by atoms with Crippen LogP contribution in [0, 0.1) is 11.8 Å². The van der Waals surface area contributed by atoms with E-state index in [0.717, 1.165) is 5.92 Å². The third kappa shape index (κ3) is 3.21. The molecule has 0 amide bonds. The van der Waals surface area contributed by atoms with E-state index in [4.69, 9.17) is 0 Å². The highest BCUT2D eigenvalue weighted by Crippen LogP contribution is 2.29. The summed E-state index contributed by atoms with van der Waals surface area (Å²) in [7, 11) is 2.43. The first kappa shape index (κ1) is 12.4. The second-order valence-electron chi connectivity index (χ2n) is 6.38. The number of nitrogens with zero attached hydrogens (tertiary/aromatic N) is 1. The molecule has 1 saturated heterocycles. The molecule has 1 aliphatic carbocycles. The van der Waals surface area contributed by atoms with Crippen LogP contribution in [0.5, 0.6) is 0 Å². The Bertz CT molecular complexity index is 203. The molecule has 0 bridgehead atoms. The van der Waals surface area contributed by atoms with Crippen molar-refractivity contribution in [1.29, 1.82) is 0 Å². The number of likely N-dealkylation sites (tertiary alicyclic amines) is 1. The molecule has 2 nitrogen and oxygen atoms in total. The number of aliphatic hydroxyl groups excluding tert-OH is 1. The Labute approximate surface area is 100 Å². The Morgan fingerprint density at radius 1 is 0.938 bits per heavy atom. The highest BCUT2D eigenvalue weighted by Gasteiger charge is 2.32. The smallest absolute Gasteiger partial charge is 0.0813 e. The van der Waals surface area contributed by atoms with Crippen LogP contribution >= 0.6 is 0 Å².